The quantitative estimate of drug-likeness (QED) is 0.752. The van der Waals surface area contributed by atoms with Gasteiger partial charge in [0.15, 0.2) is 5.78 Å². The van der Waals surface area contributed by atoms with Gasteiger partial charge >= 0.3 is 0 Å². The summed E-state index contributed by atoms with van der Waals surface area (Å²) >= 11 is 0. The summed E-state index contributed by atoms with van der Waals surface area (Å²) in [6.07, 6.45) is 2.77. The van der Waals surface area contributed by atoms with Crippen LogP contribution in [0.3, 0.4) is 0 Å². The predicted octanol–water partition coefficient (Wildman–Crippen LogP) is 3.60. The standard InChI is InChI=1S/C21H20N4O3/c1-12-22-21-23-16-10-14(18-4-3-9-28-18)11-17(26)19(16)20(25(21)24-12)13-5-7-15(27-2)8-6-13/h3-9,14,20H,10-11H2,1-2H3,(H,22,23,24)/t14-,20-/m1/s1. The van der Waals surface area contributed by atoms with Crippen LogP contribution in [0.25, 0.3) is 0 Å². The lowest BCUT2D eigenvalue weighted by Crippen LogP contribution is -2.33. The fraction of sp³-hybridized carbons (Fsp3) is 0.286. The van der Waals surface area contributed by atoms with Crippen molar-refractivity contribution in [3.8, 4) is 5.75 Å². The number of carbonyl (C=O) groups is 1. The molecule has 7 heteroatoms. The van der Waals surface area contributed by atoms with Crippen LogP contribution >= 0.6 is 0 Å². The number of hydrogen-bond acceptors (Lipinski definition) is 6. The summed E-state index contributed by atoms with van der Waals surface area (Å²) < 4.78 is 12.6. The molecule has 1 aromatic carbocycles. The van der Waals surface area contributed by atoms with Crippen molar-refractivity contribution in [2.24, 2.45) is 0 Å². The number of benzene rings is 1. The number of aromatic nitrogens is 3. The summed E-state index contributed by atoms with van der Waals surface area (Å²) in [4.78, 5) is 17.7. The van der Waals surface area contributed by atoms with Crippen LogP contribution in [0.5, 0.6) is 5.75 Å². The van der Waals surface area contributed by atoms with Crippen LogP contribution < -0.4 is 10.1 Å². The van der Waals surface area contributed by atoms with Gasteiger partial charge in [0.2, 0.25) is 5.95 Å². The molecule has 5 rings (SSSR count). The van der Waals surface area contributed by atoms with Gasteiger partial charge in [-0.15, -0.1) is 0 Å². The zero-order valence-corrected chi connectivity index (χ0v) is 15.7. The van der Waals surface area contributed by atoms with Crippen LogP contribution in [0.15, 0.2) is 58.3 Å². The minimum atomic E-state index is -0.302. The third-order valence-corrected chi connectivity index (χ3v) is 5.40. The van der Waals surface area contributed by atoms with Crippen molar-refractivity contribution >= 4 is 11.7 Å². The van der Waals surface area contributed by atoms with Gasteiger partial charge in [0.25, 0.3) is 0 Å². The Morgan fingerprint density at radius 1 is 1.21 bits per heavy atom. The van der Waals surface area contributed by atoms with Gasteiger partial charge in [-0.25, -0.2) is 4.68 Å². The molecule has 0 amide bonds. The van der Waals surface area contributed by atoms with Crippen LogP contribution in [0.2, 0.25) is 0 Å². The number of nitrogens with zero attached hydrogens (tertiary/aromatic N) is 3. The summed E-state index contributed by atoms with van der Waals surface area (Å²) in [5.41, 5.74) is 2.63. The van der Waals surface area contributed by atoms with Crippen molar-refractivity contribution < 1.29 is 13.9 Å². The smallest absolute Gasteiger partial charge is 0.226 e. The normalized spacial score (nSPS) is 21.1. The lowest BCUT2D eigenvalue weighted by atomic mass is 9.79. The van der Waals surface area contributed by atoms with E-state index in [0.29, 0.717) is 24.6 Å². The first kappa shape index (κ1) is 16.8. The molecule has 142 valence electrons. The summed E-state index contributed by atoms with van der Waals surface area (Å²) in [7, 11) is 1.64. The Balaban J connectivity index is 1.61. The molecular formula is C21H20N4O3. The maximum Gasteiger partial charge on any atom is 0.226 e. The fourth-order valence-corrected chi connectivity index (χ4v) is 4.14. The van der Waals surface area contributed by atoms with Crippen LogP contribution in [0.1, 0.15) is 41.9 Å². The molecule has 1 aliphatic carbocycles. The molecule has 1 N–H and O–H groups in total. The van der Waals surface area contributed by atoms with E-state index in [1.165, 1.54) is 0 Å². The van der Waals surface area contributed by atoms with E-state index in [0.717, 1.165) is 28.3 Å². The van der Waals surface area contributed by atoms with E-state index in [2.05, 4.69) is 15.4 Å². The second kappa shape index (κ2) is 6.37. The van der Waals surface area contributed by atoms with Gasteiger partial charge < -0.3 is 14.5 Å². The molecule has 3 heterocycles. The molecule has 2 aliphatic rings. The molecule has 2 aromatic heterocycles. The molecule has 1 aliphatic heterocycles. The number of hydrogen-bond donors (Lipinski definition) is 1. The average molecular weight is 376 g/mol. The Hall–Kier alpha value is -3.35. The van der Waals surface area contributed by atoms with Gasteiger partial charge in [0.05, 0.1) is 13.4 Å². The Labute approximate surface area is 162 Å². The Morgan fingerprint density at radius 2 is 2.04 bits per heavy atom. The number of ketones is 1. The van der Waals surface area contributed by atoms with Crippen LogP contribution in [0, 0.1) is 6.92 Å². The highest BCUT2D eigenvalue weighted by atomic mass is 16.5. The lowest BCUT2D eigenvalue weighted by molar-refractivity contribution is -0.117. The number of Topliss-reactive ketones (excluding diaryl/α,β-unsaturated/α-hetero) is 1. The van der Waals surface area contributed by atoms with Crippen molar-refractivity contribution in [1.29, 1.82) is 0 Å². The molecule has 0 bridgehead atoms. The first-order chi connectivity index (χ1) is 13.6. The second-order valence-corrected chi connectivity index (χ2v) is 7.16. The number of fused-ring (bicyclic) bond motifs is 1. The van der Waals surface area contributed by atoms with E-state index >= 15 is 0 Å². The van der Waals surface area contributed by atoms with Gasteiger partial charge in [0, 0.05) is 23.6 Å². The van der Waals surface area contributed by atoms with Crippen LogP contribution in [-0.2, 0) is 4.79 Å². The average Bonchev–Trinajstić information content (AvgIpc) is 3.35. The monoisotopic (exact) mass is 376 g/mol. The molecule has 3 aromatic rings. The van der Waals surface area contributed by atoms with Gasteiger partial charge in [-0.2, -0.15) is 10.1 Å². The molecular weight excluding hydrogens is 356 g/mol. The number of methoxy groups -OCH3 is 1. The van der Waals surface area contributed by atoms with E-state index < -0.39 is 0 Å². The van der Waals surface area contributed by atoms with E-state index in [-0.39, 0.29) is 17.7 Å². The molecule has 2 atom stereocenters. The third-order valence-electron chi connectivity index (χ3n) is 5.40. The van der Waals surface area contributed by atoms with Crippen LogP contribution in [-0.4, -0.2) is 27.7 Å². The first-order valence-electron chi connectivity index (χ1n) is 9.28. The number of nitrogens with one attached hydrogen (secondary N) is 1. The van der Waals surface area contributed by atoms with E-state index in [1.807, 2.05) is 43.3 Å². The van der Waals surface area contributed by atoms with Gasteiger partial charge in [-0.05, 0) is 43.2 Å². The van der Waals surface area contributed by atoms with Gasteiger partial charge in [-0.1, -0.05) is 12.1 Å². The van der Waals surface area contributed by atoms with Crippen LogP contribution in [0.4, 0.5) is 5.95 Å². The number of anilines is 1. The summed E-state index contributed by atoms with van der Waals surface area (Å²) in [6.45, 7) is 1.85. The zero-order chi connectivity index (χ0) is 19.3. The van der Waals surface area contributed by atoms with Gasteiger partial charge in [-0.3, -0.25) is 4.79 Å². The molecule has 0 saturated carbocycles. The number of ether oxygens (including phenoxy) is 1. The number of furan rings is 1. The highest BCUT2D eigenvalue weighted by Crippen LogP contribution is 2.44. The number of aryl methyl sites for hydroxylation is 1. The third kappa shape index (κ3) is 2.62. The van der Waals surface area contributed by atoms with Gasteiger partial charge in [0.1, 0.15) is 23.4 Å². The Morgan fingerprint density at radius 3 is 2.75 bits per heavy atom. The number of rotatable bonds is 3. The number of allylic oxidation sites excluding steroid dienone is 2. The zero-order valence-electron chi connectivity index (χ0n) is 15.7. The summed E-state index contributed by atoms with van der Waals surface area (Å²) in [5, 5.41) is 7.90. The summed E-state index contributed by atoms with van der Waals surface area (Å²) in [5.74, 6) is 3.07. The van der Waals surface area contributed by atoms with Crippen molar-refractivity contribution in [2.75, 3.05) is 12.4 Å². The minimum Gasteiger partial charge on any atom is -0.497 e. The topological polar surface area (TPSA) is 82.2 Å². The van der Waals surface area contributed by atoms with E-state index in [1.54, 1.807) is 18.1 Å². The largest absolute Gasteiger partial charge is 0.497 e. The maximum absolute atomic E-state index is 13.2. The highest BCUT2D eigenvalue weighted by Gasteiger charge is 2.40. The second-order valence-electron chi connectivity index (χ2n) is 7.16. The van der Waals surface area contributed by atoms with E-state index in [9.17, 15) is 4.79 Å². The molecule has 0 unspecified atom stereocenters. The molecule has 0 saturated heterocycles. The molecule has 0 spiro atoms. The molecule has 0 radical (unpaired) electrons. The highest BCUT2D eigenvalue weighted by molar-refractivity contribution is 6.00. The fourth-order valence-electron chi connectivity index (χ4n) is 4.14. The SMILES string of the molecule is COc1ccc([C@@H]2C3=C(C[C@@H](c4ccco4)CC3=O)Nc3nc(C)nn32)cc1. The number of carbonyl (C=O) groups excluding carboxylic acids is 1. The maximum atomic E-state index is 13.2. The van der Waals surface area contributed by atoms with Crippen molar-refractivity contribution in [3.63, 3.8) is 0 Å². The van der Waals surface area contributed by atoms with Crippen molar-refractivity contribution in [1.82, 2.24) is 14.8 Å². The molecule has 28 heavy (non-hydrogen) atoms. The first-order valence-corrected chi connectivity index (χ1v) is 9.28. The van der Waals surface area contributed by atoms with Crippen molar-refractivity contribution in [3.05, 3.63) is 71.1 Å². The predicted molar refractivity (Wildman–Crippen MR) is 102 cm³/mol. The summed E-state index contributed by atoms with van der Waals surface area (Å²) in [6, 6.07) is 11.2. The Kier molecular flexibility index (Phi) is 3.82. The molecule has 0 fully saturated rings. The molecule has 7 nitrogen and oxygen atoms in total. The lowest BCUT2D eigenvalue weighted by Gasteiger charge is -2.34. The van der Waals surface area contributed by atoms with Crippen molar-refractivity contribution in [2.45, 2.75) is 31.7 Å². The Bertz CT molecular complexity index is 1060. The van der Waals surface area contributed by atoms with E-state index in [4.69, 9.17) is 9.15 Å². The minimum absolute atomic E-state index is 0.0286.